The summed E-state index contributed by atoms with van der Waals surface area (Å²) in [4.78, 5) is 11.9. The molecule has 0 aromatic heterocycles. The smallest absolute Gasteiger partial charge is 0.240 e. The molecule has 0 aromatic carbocycles. The summed E-state index contributed by atoms with van der Waals surface area (Å²) in [6.45, 7) is 6.59. The van der Waals surface area contributed by atoms with Crippen LogP contribution >= 0.6 is 0 Å². The highest BCUT2D eigenvalue weighted by Gasteiger charge is 2.44. The molecule has 2 aliphatic heterocycles. The van der Waals surface area contributed by atoms with Crippen molar-refractivity contribution in [1.82, 2.24) is 10.6 Å². The van der Waals surface area contributed by atoms with Gasteiger partial charge in [-0.3, -0.25) is 4.79 Å². The van der Waals surface area contributed by atoms with Crippen LogP contribution in [0.4, 0.5) is 0 Å². The van der Waals surface area contributed by atoms with Crippen molar-refractivity contribution in [3.05, 3.63) is 0 Å². The first-order valence-electron chi connectivity index (χ1n) is 5.79. The van der Waals surface area contributed by atoms with Gasteiger partial charge in [-0.2, -0.15) is 0 Å². The lowest BCUT2D eigenvalue weighted by Crippen LogP contribution is -2.66. The van der Waals surface area contributed by atoms with Crippen LogP contribution in [0, 0.1) is 5.92 Å². The standard InChI is InChI=1S/C11H20N2O2/c1-8(2)9-7-11(3-6-15-9)10(14)12-4-5-13-11/h8-9,13H,3-7H2,1-2H3,(H,12,14). The highest BCUT2D eigenvalue weighted by Crippen LogP contribution is 2.29. The fourth-order valence-electron chi connectivity index (χ4n) is 2.41. The molecule has 0 bridgehead atoms. The highest BCUT2D eigenvalue weighted by molar-refractivity contribution is 5.87. The molecule has 2 saturated heterocycles. The number of carbonyl (C=O) groups is 1. The molecule has 1 spiro atoms. The van der Waals surface area contributed by atoms with Crippen LogP contribution in [0.25, 0.3) is 0 Å². The summed E-state index contributed by atoms with van der Waals surface area (Å²) < 4.78 is 5.70. The lowest BCUT2D eigenvalue weighted by molar-refractivity contribution is -0.138. The molecule has 2 heterocycles. The van der Waals surface area contributed by atoms with Crippen LogP contribution in [0.15, 0.2) is 0 Å². The zero-order chi connectivity index (χ0) is 10.9. The third kappa shape index (κ3) is 2.01. The summed E-state index contributed by atoms with van der Waals surface area (Å²) in [5, 5.41) is 6.32. The molecule has 2 N–H and O–H groups in total. The average molecular weight is 212 g/mol. The van der Waals surface area contributed by atoms with Gasteiger partial charge in [-0.15, -0.1) is 0 Å². The number of nitrogens with one attached hydrogen (secondary N) is 2. The van der Waals surface area contributed by atoms with Crippen LogP contribution in [0.2, 0.25) is 0 Å². The first-order valence-corrected chi connectivity index (χ1v) is 5.79. The van der Waals surface area contributed by atoms with Crippen molar-refractivity contribution in [1.29, 1.82) is 0 Å². The van der Waals surface area contributed by atoms with Gasteiger partial charge in [-0.25, -0.2) is 0 Å². The SMILES string of the molecule is CC(C)C1CC2(CCO1)NCCNC2=O. The van der Waals surface area contributed by atoms with E-state index in [4.69, 9.17) is 4.74 Å². The molecule has 86 valence electrons. The van der Waals surface area contributed by atoms with E-state index in [2.05, 4.69) is 24.5 Å². The van der Waals surface area contributed by atoms with Gasteiger partial charge in [0.1, 0.15) is 5.54 Å². The molecule has 4 heteroatoms. The minimum absolute atomic E-state index is 0.155. The Bertz CT molecular complexity index is 251. The molecule has 15 heavy (non-hydrogen) atoms. The van der Waals surface area contributed by atoms with Gasteiger partial charge in [0, 0.05) is 26.1 Å². The number of hydrogen-bond donors (Lipinski definition) is 2. The Morgan fingerprint density at radius 1 is 1.47 bits per heavy atom. The predicted octanol–water partition coefficient (Wildman–Crippen LogP) is 0.280. The van der Waals surface area contributed by atoms with Gasteiger partial charge in [0.2, 0.25) is 5.91 Å². The van der Waals surface area contributed by atoms with Crippen molar-refractivity contribution in [2.24, 2.45) is 5.92 Å². The Hall–Kier alpha value is -0.610. The minimum atomic E-state index is -0.356. The minimum Gasteiger partial charge on any atom is -0.378 e. The number of amides is 1. The molecule has 0 aliphatic carbocycles. The van der Waals surface area contributed by atoms with Gasteiger partial charge >= 0.3 is 0 Å². The molecule has 0 aromatic rings. The van der Waals surface area contributed by atoms with E-state index in [1.54, 1.807) is 0 Å². The highest BCUT2D eigenvalue weighted by atomic mass is 16.5. The van der Waals surface area contributed by atoms with E-state index >= 15 is 0 Å². The van der Waals surface area contributed by atoms with E-state index in [1.165, 1.54) is 0 Å². The van der Waals surface area contributed by atoms with Crippen LogP contribution in [0.5, 0.6) is 0 Å². The number of rotatable bonds is 1. The van der Waals surface area contributed by atoms with Crippen molar-refractivity contribution >= 4 is 5.91 Å². The van der Waals surface area contributed by atoms with Crippen molar-refractivity contribution in [2.45, 2.75) is 38.3 Å². The van der Waals surface area contributed by atoms with Crippen molar-refractivity contribution in [2.75, 3.05) is 19.7 Å². The Balaban J connectivity index is 2.09. The third-order valence-corrected chi connectivity index (χ3v) is 3.46. The Morgan fingerprint density at radius 3 is 2.93 bits per heavy atom. The molecular formula is C11H20N2O2. The molecule has 1 amide bonds. The second kappa shape index (κ2) is 4.10. The monoisotopic (exact) mass is 212 g/mol. The van der Waals surface area contributed by atoms with E-state index in [0.717, 1.165) is 25.9 Å². The molecule has 4 nitrogen and oxygen atoms in total. The number of piperazine rings is 1. The summed E-state index contributed by atoms with van der Waals surface area (Å²) in [5.74, 6) is 0.626. The largest absolute Gasteiger partial charge is 0.378 e. The Morgan fingerprint density at radius 2 is 2.27 bits per heavy atom. The lowest BCUT2D eigenvalue weighted by Gasteiger charge is -2.43. The molecule has 0 radical (unpaired) electrons. The first-order chi connectivity index (χ1) is 7.14. The van der Waals surface area contributed by atoms with Gasteiger partial charge in [0.05, 0.1) is 6.10 Å². The van der Waals surface area contributed by atoms with Crippen molar-refractivity contribution < 1.29 is 9.53 Å². The average Bonchev–Trinajstić information content (AvgIpc) is 2.23. The maximum absolute atomic E-state index is 11.9. The van der Waals surface area contributed by atoms with Gasteiger partial charge in [0.25, 0.3) is 0 Å². The third-order valence-electron chi connectivity index (χ3n) is 3.46. The predicted molar refractivity (Wildman–Crippen MR) is 57.6 cm³/mol. The summed E-state index contributed by atoms with van der Waals surface area (Å²) in [7, 11) is 0. The molecule has 0 saturated carbocycles. The Labute approximate surface area is 90.8 Å². The molecule has 2 atom stereocenters. The van der Waals surface area contributed by atoms with Crippen LogP contribution < -0.4 is 10.6 Å². The van der Waals surface area contributed by atoms with E-state index in [9.17, 15) is 4.79 Å². The molecule has 2 rings (SSSR count). The van der Waals surface area contributed by atoms with Crippen molar-refractivity contribution in [3.8, 4) is 0 Å². The summed E-state index contributed by atoms with van der Waals surface area (Å²) in [6, 6.07) is 0. The Kier molecular flexibility index (Phi) is 2.98. The van der Waals surface area contributed by atoms with Crippen LogP contribution in [0.1, 0.15) is 26.7 Å². The molecular weight excluding hydrogens is 192 g/mol. The second-order valence-corrected chi connectivity index (χ2v) is 4.87. The lowest BCUT2D eigenvalue weighted by atomic mass is 9.81. The van der Waals surface area contributed by atoms with E-state index < -0.39 is 0 Å². The molecule has 2 fully saturated rings. The second-order valence-electron chi connectivity index (χ2n) is 4.87. The van der Waals surface area contributed by atoms with Gasteiger partial charge in [-0.05, 0) is 12.3 Å². The van der Waals surface area contributed by atoms with Gasteiger partial charge in [0.15, 0.2) is 0 Å². The van der Waals surface area contributed by atoms with E-state index in [-0.39, 0.29) is 17.6 Å². The van der Waals surface area contributed by atoms with Gasteiger partial charge < -0.3 is 15.4 Å². The van der Waals surface area contributed by atoms with E-state index in [1.807, 2.05) is 0 Å². The van der Waals surface area contributed by atoms with Crippen LogP contribution in [-0.4, -0.2) is 37.2 Å². The fourth-order valence-corrected chi connectivity index (χ4v) is 2.41. The topological polar surface area (TPSA) is 50.4 Å². The quantitative estimate of drug-likeness (QED) is 0.656. The van der Waals surface area contributed by atoms with E-state index in [0.29, 0.717) is 12.5 Å². The maximum atomic E-state index is 11.9. The normalized spacial score (nSPS) is 37.0. The zero-order valence-electron chi connectivity index (χ0n) is 9.51. The summed E-state index contributed by atoms with van der Waals surface area (Å²) >= 11 is 0. The zero-order valence-corrected chi connectivity index (χ0v) is 9.51. The molecule has 2 aliphatic rings. The van der Waals surface area contributed by atoms with Crippen molar-refractivity contribution in [3.63, 3.8) is 0 Å². The van der Waals surface area contributed by atoms with Crippen LogP contribution in [-0.2, 0) is 9.53 Å². The van der Waals surface area contributed by atoms with Crippen LogP contribution in [0.3, 0.4) is 0 Å². The number of ether oxygens (including phenoxy) is 1. The maximum Gasteiger partial charge on any atom is 0.240 e. The van der Waals surface area contributed by atoms with Gasteiger partial charge in [-0.1, -0.05) is 13.8 Å². The number of hydrogen-bond acceptors (Lipinski definition) is 3. The number of carbonyl (C=O) groups excluding carboxylic acids is 1. The fraction of sp³-hybridized carbons (Fsp3) is 0.909. The molecule has 2 unspecified atom stereocenters. The first kappa shape index (κ1) is 10.9. The summed E-state index contributed by atoms with van der Waals surface area (Å²) in [5.41, 5.74) is -0.356. The summed E-state index contributed by atoms with van der Waals surface area (Å²) in [6.07, 6.45) is 1.80.